The Labute approximate surface area is 84.7 Å². The van der Waals surface area contributed by atoms with Gasteiger partial charge in [-0.2, -0.15) is 11.8 Å². The minimum atomic E-state index is 0.260. The molecule has 0 fully saturated rings. The van der Waals surface area contributed by atoms with Gasteiger partial charge in [-0.15, -0.1) is 0 Å². The van der Waals surface area contributed by atoms with Gasteiger partial charge in [-0.3, -0.25) is 0 Å². The molecule has 0 N–H and O–H groups in total. The summed E-state index contributed by atoms with van der Waals surface area (Å²) in [6.45, 7) is 0. The molecule has 65 valence electrons. The molecule has 0 spiro atoms. The highest BCUT2D eigenvalue weighted by Crippen LogP contribution is 2.34. The fourth-order valence-electron chi connectivity index (χ4n) is 1.21. The van der Waals surface area contributed by atoms with Crippen LogP contribution in [0.3, 0.4) is 0 Å². The van der Waals surface area contributed by atoms with Gasteiger partial charge in [-0.1, -0.05) is 11.6 Å². The first-order valence-corrected chi connectivity index (χ1v) is 5.50. The Balaban J connectivity index is 2.53. The van der Waals surface area contributed by atoms with Gasteiger partial charge >= 0.3 is 0 Å². The fourth-order valence-corrected chi connectivity index (χ4v) is 2.87. The van der Waals surface area contributed by atoms with Crippen LogP contribution < -0.4 is 0 Å². The highest BCUT2D eigenvalue weighted by Gasteiger charge is 2.15. The van der Waals surface area contributed by atoms with Crippen molar-refractivity contribution in [3.05, 3.63) is 16.1 Å². The summed E-state index contributed by atoms with van der Waals surface area (Å²) in [5.41, 5.74) is 1.02. The second kappa shape index (κ2) is 3.40. The van der Waals surface area contributed by atoms with Gasteiger partial charge in [0.15, 0.2) is 0 Å². The van der Waals surface area contributed by atoms with Crippen molar-refractivity contribution in [1.29, 1.82) is 0 Å². The Morgan fingerprint density at radius 3 is 2.92 bits per heavy atom. The summed E-state index contributed by atoms with van der Waals surface area (Å²) in [4.78, 5) is 9.10. The van der Waals surface area contributed by atoms with E-state index in [2.05, 4.69) is 9.97 Å². The lowest BCUT2D eigenvalue weighted by Gasteiger charge is -2.15. The van der Waals surface area contributed by atoms with E-state index in [1.807, 2.05) is 0 Å². The van der Waals surface area contributed by atoms with Crippen LogP contribution in [-0.2, 0) is 6.42 Å². The highest BCUT2D eigenvalue weighted by atomic mass is 35.5. The third kappa shape index (κ3) is 1.53. The van der Waals surface area contributed by atoms with Crippen molar-refractivity contribution in [2.45, 2.75) is 17.7 Å². The standard InChI is InChI=1S/C7H7Cl2N2S/c8-6-5-4(2-1-3-12-5)10-7(9)11-6/h12H,1-3H2. The van der Waals surface area contributed by atoms with Gasteiger partial charge in [0.1, 0.15) is 5.15 Å². The quantitative estimate of drug-likeness (QED) is 0.414. The highest BCUT2D eigenvalue weighted by molar-refractivity contribution is 7.99. The lowest BCUT2D eigenvalue weighted by Crippen LogP contribution is -2.03. The summed E-state index contributed by atoms with van der Waals surface area (Å²) in [6, 6.07) is 0. The lowest BCUT2D eigenvalue weighted by atomic mass is 10.2. The number of fused-ring (bicyclic) bond motifs is 1. The average Bonchev–Trinajstić information content (AvgIpc) is 2.04. The first-order valence-electron chi connectivity index (χ1n) is 3.67. The molecule has 1 radical (unpaired) electrons. The van der Waals surface area contributed by atoms with Gasteiger partial charge in [0.2, 0.25) is 5.28 Å². The molecule has 0 amide bonds. The van der Waals surface area contributed by atoms with Crippen LogP contribution in [0.4, 0.5) is 0 Å². The number of hydrogen-bond donors (Lipinski definition) is 1. The maximum Gasteiger partial charge on any atom is 0.224 e. The van der Waals surface area contributed by atoms with Crippen LogP contribution in [-0.4, -0.2) is 15.7 Å². The molecule has 1 aliphatic rings. The fraction of sp³-hybridized carbons (Fsp3) is 0.429. The molecule has 1 aromatic rings. The molecule has 1 aromatic heterocycles. The summed E-state index contributed by atoms with van der Waals surface area (Å²) in [5.74, 6) is 1.15. The monoisotopic (exact) mass is 221 g/mol. The van der Waals surface area contributed by atoms with Gasteiger partial charge in [0.05, 0.1) is 10.6 Å². The molecule has 0 bridgehead atoms. The number of aromatic nitrogens is 2. The largest absolute Gasteiger partial charge is 0.224 e. The normalized spacial score (nSPS) is 15.8. The molecule has 0 unspecified atom stereocenters. The Morgan fingerprint density at radius 1 is 1.25 bits per heavy atom. The third-order valence-corrected chi connectivity index (χ3v) is 3.63. The van der Waals surface area contributed by atoms with Crippen molar-refractivity contribution in [3.8, 4) is 0 Å². The molecule has 5 heteroatoms. The van der Waals surface area contributed by atoms with Gasteiger partial charge < -0.3 is 0 Å². The average molecular weight is 222 g/mol. The summed E-state index contributed by atoms with van der Waals surface area (Å²) < 4.78 is 0. The Kier molecular flexibility index (Phi) is 2.44. The lowest BCUT2D eigenvalue weighted by molar-refractivity contribution is 0.828. The molecular formula is C7H7Cl2N2S. The van der Waals surface area contributed by atoms with Crippen molar-refractivity contribution >= 4 is 35.0 Å². The van der Waals surface area contributed by atoms with Gasteiger partial charge in [-0.25, -0.2) is 9.97 Å². The SMILES string of the molecule is Clc1nc(Cl)c2c(n1)CCC[SH]2. The molecular weight excluding hydrogens is 215 g/mol. The van der Waals surface area contributed by atoms with Crippen molar-refractivity contribution in [2.75, 3.05) is 5.75 Å². The summed E-state index contributed by atoms with van der Waals surface area (Å²) >= 11 is 12.8. The summed E-state index contributed by atoms with van der Waals surface area (Å²) in [6.07, 6.45) is 2.14. The molecule has 0 saturated heterocycles. The maximum absolute atomic E-state index is 5.90. The van der Waals surface area contributed by atoms with Crippen molar-refractivity contribution in [1.82, 2.24) is 9.97 Å². The Bertz CT molecular complexity index is 317. The number of rotatable bonds is 0. The van der Waals surface area contributed by atoms with Gasteiger partial charge in [0.25, 0.3) is 0 Å². The number of aryl methyl sites for hydroxylation is 1. The summed E-state index contributed by atoms with van der Waals surface area (Å²) in [7, 11) is 0. The molecule has 0 atom stereocenters. The van der Waals surface area contributed by atoms with Crippen molar-refractivity contribution in [2.24, 2.45) is 0 Å². The molecule has 1 aliphatic heterocycles. The van der Waals surface area contributed by atoms with Crippen molar-refractivity contribution in [3.63, 3.8) is 0 Å². The number of nitrogens with zero attached hydrogens (tertiary/aromatic N) is 2. The van der Waals surface area contributed by atoms with Crippen LogP contribution in [0.5, 0.6) is 0 Å². The summed E-state index contributed by atoms with van der Waals surface area (Å²) in [5, 5.41) is 0.780. The first-order chi connectivity index (χ1) is 5.77. The molecule has 0 aromatic carbocycles. The van der Waals surface area contributed by atoms with Crippen molar-refractivity contribution < 1.29 is 0 Å². The van der Waals surface area contributed by atoms with E-state index in [0.717, 1.165) is 29.2 Å². The van der Waals surface area contributed by atoms with E-state index in [0.29, 0.717) is 5.15 Å². The van der Waals surface area contributed by atoms with Crippen LogP contribution in [0.25, 0.3) is 0 Å². The molecule has 0 saturated carbocycles. The topological polar surface area (TPSA) is 25.8 Å². The molecule has 2 heterocycles. The van der Waals surface area contributed by atoms with E-state index in [1.165, 1.54) is 11.8 Å². The Hall–Kier alpha value is 0.01000. The van der Waals surface area contributed by atoms with Crippen LogP contribution in [0.1, 0.15) is 12.1 Å². The molecule has 2 rings (SSSR count). The second-order valence-electron chi connectivity index (χ2n) is 2.56. The maximum atomic E-state index is 5.90. The zero-order chi connectivity index (χ0) is 8.55. The minimum absolute atomic E-state index is 0.260. The van der Waals surface area contributed by atoms with Crippen LogP contribution in [0.2, 0.25) is 10.4 Å². The van der Waals surface area contributed by atoms with Crippen LogP contribution in [0.15, 0.2) is 4.90 Å². The zero-order valence-electron chi connectivity index (χ0n) is 6.22. The zero-order valence-corrected chi connectivity index (χ0v) is 8.63. The first kappa shape index (κ1) is 8.60. The molecule has 0 aliphatic carbocycles. The number of hydrogen-bond acceptors (Lipinski definition) is 2. The van der Waals surface area contributed by atoms with Gasteiger partial charge in [-0.05, 0) is 30.2 Å². The van der Waals surface area contributed by atoms with E-state index in [1.54, 1.807) is 0 Å². The molecule has 12 heavy (non-hydrogen) atoms. The van der Waals surface area contributed by atoms with E-state index >= 15 is 0 Å². The van der Waals surface area contributed by atoms with E-state index < -0.39 is 0 Å². The predicted molar refractivity (Wildman–Crippen MR) is 52.5 cm³/mol. The van der Waals surface area contributed by atoms with E-state index in [-0.39, 0.29) is 5.28 Å². The predicted octanol–water partition coefficient (Wildman–Crippen LogP) is 2.55. The van der Waals surface area contributed by atoms with Crippen LogP contribution in [0, 0.1) is 0 Å². The Morgan fingerprint density at radius 2 is 2.08 bits per heavy atom. The molecule has 2 nitrogen and oxygen atoms in total. The number of halogens is 2. The third-order valence-electron chi connectivity index (χ3n) is 1.73. The van der Waals surface area contributed by atoms with Gasteiger partial charge in [0, 0.05) is 0 Å². The smallest absolute Gasteiger partial charge is 0.222 e. The van der Waals surface area contributed by atoms with Crippen LogP contribution >= 0.6 is 35.0 Å². The van der Waals surface area contributed by atoms with E-state index in [9.17, 15) is 0 Å². The van der Waals surface area contributed by atoms with E-state index in [4.69, 9.17) is 23.2 Å². The number of thiol groups is 1. The second-order valence-corrected chi connectivity index (χ2v) is 4.47. The minimum Gasteiger partial charge on any atom is -0.222 e.